The van der Waals surface area contributed by atoms with Crippen molar-refractivity contribution >= 4 is 11.7 Å². The molecule has 1 aliphatic rings. The number of nitrogens with one attached hydrogen (secondary N) is 2. The molecule has 1 amide bonds. The van der Waals surface area contributed by atoms with Crippen LogP contribution in [0.25, 0.3) is 0 Å². The fraction of sp³-hybridized carbons (Fsp3) is 0.360. The number of rotatable bonds is 8. The van der Waals surface area contributed by atoms with Crippen LogP contribution in [0.2, 0.25) is 0 Å². The SMILES string of the molecule is CNc1ncccc1CN1CCCC1c1ncc(C(=O)NCc2ccccc2OC)c(C)n1. The Morgan fingerprint density at radius 2 is 2.00 bits per heavy atom. The van der Waals surface area contributed by atoms with Crippen LogP contribution in [0.5, 0.6) is 5.75 Å². The molecule has 172 valence electrons. The van der Waals surface area contributed by atoms with E-state index in [1.807, 2.05) is 44.3 Å². The van der Waals surface area contributed by atoms with Gasteiger partial charge in [0.1, 0.15) is 17.4 Å². The highest BCUT2D eigenvalue weighted by atomic mass is 16.5. The second-order valence-electron chi connectivity index (χ2n) is 8.11. The summed E-state index contributed by atoms with van der Waals surface area (Å²) in [7, 11) is 3.51. The highest BCUT2D eigenvalue weighted by Gasteiger charge is 2.29. The first-order chi connectivity index (χ1) is 16.1. The minimum absolute atomic E-state index is 0.124. The average molecular weight is 447 g/mol. The Balaban J connectivity index is 1.45. The van der Waals surface area contributed by atoms with Gasteiger partial charge in [0, 0.05) is 43.7 Å². The molecule has 1 unspecified atom stereocenters. The van der Waals surface area contributed by atoms with Gasteiger partial charge >= 0.3 is 0 Å². The number of carbonyl (C=O) groups is 1. The van der Waals surface area contributed by atoms with E-state index in [2.05, 4.69) is 31.6 Å². The predicted molar refractivity (Wildman–Crippen MR) is 127 cm³/mol. The Labute approximate surface area is 194 Å². The minimum Gasteiger partial charge on any atom is -0.496 e. The lowest BCUT2D eigenvalue weighted by Gasteiger charge is -2.24. The summed E-state index contributed by atoms with van der Waals surface area (Å²) in [5, 5.41) is 6.11. The van der Waals surface area contributed by atoms with Crippen LogP contribution in [0.3, 0.4) is 0 Å². The normalized spacial score (nSPS) is 15.9. The number of likely N-dealkylation sites (tertiary alicyclic amines) is 1. The van der Waals surface area contributed by atoms with Gasteiger partial charge in [0.15, 0.2) is 0 Å². The molecular formula is C25H30N6O2. The third-order valence-electron chi connectivity index (χ3n) is 6.04. The first-order valence-corrected chi connectivity index (χ1v) is 11.2. The minimum atomic E-state index is -0.192. The monoisotopic (exact) mass is 446 g/mol. The Morgan fingerprint density at radius 3 is 2.79 bits per heavy atom. The van der Waals surface area contributed by atoms with Crippen LogP contribution < -0.4 is 15.4 Å². The number of carbonyl (C=O) groups excluding carboxylic acids is 1. The molecule has 0 spiro atoms. The molecule has 0 radical (unpaired) electrons. The van der Waals surface area contributed by atoms with Gasteiger partial charge in [-0.25, -0.2) is 15.0 Å². The molecule has 4 rings (SSSR count). The summed E-state index contributed by atoms with van der Waals surface area (Å²) in [6.45, 7) is 3.99. The lowest BCUT2D eigenvalue weighted by atomic mass is 10.1. The summed E-state index contributed by atoms with van der Waals surface area (Å²) < 4.78 is 5.36. The number of para-hydroxylation sites is 1. The number of anilines is 1. The van der Waals surface area contributed by atoms with Gasteiger partial charge in [0.05, 0.1) is 24.4 Å². The summed E-state index contributed by atoms with van der Waals surface area (Å²) >= 11 is 0. The molecule has 1 aromatic carbocycles. The van der Waals surface area contributed by atoms with Crippen LogP contribution in [0.4, 0.5) is 5.82 Å². The third kappa shape index (κ3) is 5.12. The molecule has 8 heteroatoms. The lowest BCUT2D eigenvalue weighted by Crippen LogP contribution is -2.27. The van der Waals surface area contributed by atoms with E-state index in [-0.39, 0.29) is 11.9 Å². The van der Waals surface area contributed by atoms with Crippen molar-refractivity contribution in [1.82, 2.24) is 25.2 Å². The molecule has 0 aliphatic carbocycles. The van der Waals surface area contributed by atoms with Crippen LogP contribution in [0, 0.1) is 6.92 Å². The molecule has 0 bridgehead atoms. The predicted octanol–water partition coefficient (Wildman–Crippen LogP) is 3.50. The van der Waals surface area contributed by atoms with E-state index in [9.17, 15) is 4.79 Å². The fourth-order valence-electron chi connectivity index (χ4n) is 4.31. The molecule has 33 heavy (non-hydrogen) atoms. The highest BCUT2D eigenvalue weighted by molar-refractivity contribution is 5.94. The third-order valence-corrected chi connectivity index (χ3v) is 6.04. The Kier molecular flexibility index (Phi) is 7.14. The Bertz CT molecular complexity index is 1120. The van der Waals surface area contributed by atoms with Crippen molar-refractivity contribution in [1.29, 1.82) is 0 Å². The zero-order chi connectivity index (χ0) is 23.2. The Hall–Kier alpha value is -3.52. The second-order valence-corrected chi connectivity index (χ2v) is 8.11. The topological polar surface area (TPSA) is 92.3 Å². The van der Waals surface area contributed by atoms with Crippen LogP contribution in [0.15, 0.2) is 48.8 Å². The maximum absolute atomic E-state index is 12.8. The van der Waals surface area contributed by atoms with Crippen LogP contribution in [0.1, 0.15) is 51.9 Å². The van der Waals surface area contributed by atoms with Gasteiger partial charge in [-0.15, -0.1) is 0 Å². The highest BCUT2D eigenvalue weighted by Crippen LogP contribution is 2.32. The average Bonchev–Trinajstić information content (AvgIpc) is 3.31. The number of aryl methyl sites for hydroxylation is 1. The number of amides is 1. The summed E-state index contributed by atoms with van der Waals surface area (Å²) in [4.78, 5) is 28.9. The fourth-order valence-corrected chi connectivity index (χ4v) is 4.31. The second kappa shape index (κ2) is 10.4. The largest absolute Gasteiger partial charge is 0.496 e. The number of benzene rings is 1. The van der Waals surface area contributed by atoms with E-state index >= 15 is 0 Å². The van der Waals surface area contributed by atoms with E-state index in [1.165, 1.54) is 0 Å². The van der Waals surface area contributed by atoms with Gasteiger partial charge in [0.25, 0.3) is 5.91 Å². The molecule has 1 aliphatic heterocycles. The van der Waals surface area contributed by atoms with Gasteiger partial charge < -0.3 is 15.4 Å². The van der Waals surface area contributed by atoms with E-state index in [1.54, 1.807) is 19.5 Å². The van der Waals surface area contributed by atoms with Gasteiger partial charge in [-0.05, 0) is 38.4 Å². The Morgan fingerprint density at radius 1 is 1.18 bits per heavy atom. The number of nitrogens with zero attached hydrogens (tertiary/aromatic N) is 4. The van der Waals surface area contributed by atoms with Gasteiger partial charge in [-0.1, -0.05) is 24.3 Å². The number of methoxy groups -OCH3 is 1. The standard InChI is InChI=1S/C25H30N6O2/c1-17-20(25(32)29-14-18-8-4-5-11-22(18)33-3)15-28-24(30-17)21-10-7-13-31(21)16-19-9-6-12-27-23(19)26-2/h4-6,8-9,11-12,15,21H,7,10,13-14,16H2,1-3H3,(H,26,27)(H,29,32). The first kappa shape index (κ1) is 22.7. The number of aromatic nitrogens is 3. The zero-order valence-electron chi connectivity index (χ0n) is 19.3. The summed E-state index contributed by atoms with van der Waals surface area (Å²) in [6.07, 6.45) is 5.52. The van der Waals surface area contributed by atoms with Crippen molar-refractivity contribution in [3.8, 4) is 5.75 Å². The molecule has 8 nitrogen and oxygen atoms in total. The smallest absolute Gasteiger partial charge is 0.254 e. The molecule has 1 fully saturated rings. The van der Waals surface area contributed by atoms with E-state index in [0.29, 0.717) is 17.8 Å². The first-order valence-electron chi connectivity index (χ1n) is 11.2. The van der Waals surface area contributed by atoms with E-state index in [0.717, 1.165) is 54.4 Å². The van der Waals surface area contributed by atoms with Crippen molar-refractivity contribution in [3.63, 3.8) is 0 Å². The van der Waals surface area contributed by atoms with Crippen LogP contribution >= 0.6 is 0 Å². The van der Waals surface area contributed by atoms with Crippen molar-refractivity contribution in [2.24, 2.45) is 0 Å². The van der Waals surface area contributed by atoms with Crippen molar-refractivity contribution in [2.45, 2.75) is 38.9 Å². The number of hydrogen-bond donors (Lipinski definition) is 2. The summed E-state index contributed by atoms with van der Waals surface area (Å²) in [6, 6.07) is 11.8. The van der Waals surface area contributed by atoms with Crippen molar-refractivity contribution < 1.29 is 9.53 Å². The molecule has 0 saturated carbocycles. The summed E-state index contributed by atoms with van der Waals surface area (Å²) in [5.41, 5.74) is 3.24. The molecular weight excluding hydrogens is 416 g/mol. The van der Waals surface area contributed by atoms with E-state index < -0.39 is 0 Å². The maximum atomic E-state index is 12.8. The van der Waals surface area contributed by atoms with Gasteiger partial charge in [0.2, 0.25) is 0 Å². The molecule has 3 heterocycles. The van der Waals surface area contributed by atoms with Gasteiger partial charge in [-0.2, -0.15) is 0 Å². The lowest BCUT2D eigenvalue weighted by molar-refractivity contribution is 0.0949. The molecule has 1 saturated heterocycles. The number of pyridine rings is 1. The zero-order valence-corrected chi connectivity index (χ0v) is 19.3. The maximum Gasteiger partial charge on any atom is 0.254 e. The molecule has 1 atom stereocenters. The quantitative estimate of drug-likeness (QED) is 0.547. The molecule has 2 N–H and O–H groups in total. The van der Waals surface area contributed by atoms with Crippen LogP contribution in [-0.2, 0) is 13.1 Å². The van der Waals surface area contributed by atoms with E-state index in [4.69, 9.17) is 9.72 Å². The number of hydrogen-bond acceptors (Lipinski definition) is 7. The van der Waals surface area contributed by atoms with Gasteiger partial charge in [-0.3, -0.25) is 9.69 Å². The van der Waals surface area contributed by atoms with Crippen molar-refractivity contribution in [2.75, 3.05) is 26.0 Å². The summed E-state index contributed by atoms with van der Waals surface area (Å²) in [5.74, 6) is 2.21. The molecule has 2 aromatic heterocycles. The van der Waals surface area contributed by atoms with Crippen LogP contribution in [-0.4, -0.2) is 46.5 Å². The van der Waals surface area contributed by atoms with Crippen molar-refractivity contribution in [3.05, 3.63) is 77.0 Å². The molecule has 3 aromatic rings. The number of ether oxygens (including phenoxy) is 1.